The van der Waals surface area contributed by atoms with Gasteiger partial charge in [0, 0.05) is 18.8 Å². The van der Waals surface area contributed by atoms with Crippen LogP contribution in [0.2, 0.25) is 5.15 Å². The molecule has 1 saturated heterocycles. The molecule has 1 atom stereocenters. The molecule has 0 amide bonds. The van der Waals surface area contributed by atoms with Crippen molar-refractivity contribution >= 4 is 21.6 Å². The molecular weight excluding hydrogens is 322 g/mol. The van der Waals surface area contributed by atoms with Crippen LogP contribution in [-0.2, 0) is 10.0 Å². The SMILES string of the molecule is Cc1cc(S(=O)(=O)NCC(C)N2CCC(C)CC2)cnc1Cl. The fourth-order valence-electron chi connectivity index (χ4n) is 2.59. The summed E-state index contributed by atoms with van der Waals surface area (Å²) in [4.78, 5) is 6.41. The average Bonchev–Trinajstić information content (AvgIpc) is 2.48. The van der Waals surface area contributed by atoms with E-state index in [4.69, 9.17) is 11.6 Å². The number of sulfonamides is 1. The number of nitrogens with one attached hydrogen (secondary N) is 1. The van der Waals surface area contributed by atoms with E-state index < -0.39 is 10.0 Å². The summed E-state index contributed by atoms with van der Waals surface area (Å²) in [6.07, 6.45) is 3.65. The Hall–Kier alpha value is -0.690. The summed E-state index contributed by atoms with van der Waals surface area (Å²) < 4.78 is 27.3. The lowest BCUT2D eigenvalue weighted by atomic mass is 9.98. The van der Waals surface area contributed by atoms with Crippen molar-refractivity contribution in [2.45, 2.75) is 44.6 Å². The fraction of sp³-hybridized carbons (Fsp3) is 0.667. The molecule has 0 spiro atoms. The van der Waals surface area contributed by atoms with Gasteiger partial charge >= 0.3 is 0 Å². The zero-order valence-electron chi connectivity index (χ0n) is 13.3. The number of hydrogen-bond acceptors (Lipinski definition) is 4. The molecule has 0 bridgehead atoms. The first-order valence-corrected chi connectivity index (χ1v) is 9.51. The molecule has 2 rings (SSSR count). The normalized spacial score (nSPS) is 19.3. The van der Waals surface area contributed by atoms with Crippen LogP contribution in [0.3, 0.4) is 0 Å². The summed E-state index contributed by atoms with van der Waals surface area (Å²) in [5, 5.41) is 0.328. The molecule has 2 heterocycles. The van der Waals surface area contributed by atoms with Gasteiger partial charge in [0.15, 0.2) is 0 Å². The fourth-order valence-corrected chi connectivity index (χ4v) is 3.85. The van der Waals surface area contributed by atoms with Gasteiger partial charge in [-0.2, -0.15) is 0 Å². The smallest absolute Gasteiger partial charge is 0.242 e. The van der Waals surface area contributed by atoms with Gasteiger partial charge in [-0.3, -0.25) is 4.90 Å². The van der Waals surface area contributed by atoms with E-state index in [1.165, 1.54) is 19.0 Å². The van der Waals surface area contributed by atoms with E-state index in [0.29, 0.717) is 17.3 Å². The van der Waals surface area contributed by atoms with Crippen molar-refractivity contribution < 1.29 is 8.42 Å². The molecule has 1 N–H and O–H groups in total. The van der Waals surface area contributed by atoms with E-state index in [1.807, 2.05) is 0 Å². The van der Waals surface area contributed by atoms with Gasteiger partial charge in [0.05, 0.1) is 0 Å². The van der Waals surface area contributed by atoms with Gasteiger partial charge in [-0.25, -0.2) is 18.1 Å². The van der Waals surface area contributed by atoms with Crippen molar-refractivity contribution in [3.63, 3.8) is 0 Å². The topological polar surface area (TPSA) is 62.3 Å². The van der Waals surface area contributed by atoms with Crippen LogP contribution in [0.25, 0.3) is 0 Å². The Kier molecular flexibility index (Phi) is 5.82. The molecule has 1 aromatic heterocycles. The second kappa shape index (κ2) is 7.25. The third-order valence-corrected chi connectivity index (χ3v) is 6.10. The molecule has 0 saturated carbocycles. The van der Waals surface area contributed by atoms with Crippen LogP contribution >= 0.6 is 11.6 Å². The number of rotatable bonds is 5. The monoisotopic (exact) mass is 345 g/mol. The number of halogens is 1. The predicted molar refractivity (Wildman–Crippen MR) is 88.6 cm³/mol. The molecule has 0 aromatic carbocycles. The Bertz CT molecular complexity index is 613. The van der Waals surface area contributed by atoms with Crippen molar-refractivity contribution in [1.82, 2.24) is 14.6 Å². The van der Waals surface area contributed by atoms with Crippen molar-refractivity contribution in [2.75, 3.05) is 19.6 Å². The lowest BCUT2D eigenvalue weighted by Crippen LogP contribution is -2.45. The Morgan fingerprint density at radius 2 is 2.09 bits per heavy atom. The summed E-state index contributed by atoms with van der Waals surface area (Å²) in [6.45, 7) is 8.53. The lowest BCUT2D eigenvalue weighted by molar-refractivity contribution is 0.148. The van der Waals surface area contributed by atoms with Gasteiger partial charge in [0.2, 0.25) is 10.0 Å². The number of nitrogens with zero attached hydrogens (tertiary/aromatic N) is 2. The van der Waals surface area contributed by atoms with E-state index in [0.717, 1.165) is 19.0 Å². The standard InChI is InChI=1S/C15H24ClN3O2S/c1-11-4-6-19(7-5-11)13(3)9-18-22(20,21)14-8-12(2)15(16)17-10-14/h8,10-11,13,18H,4-7,9H2,1-3H3. The number of pyridine rings is 1. The molecule has 5 nitrogen and oxygen atoms in total. The van der Waals surface area contributed by atoms with Gasteiger partial charge < -0.3 is 0 Å². The summed E-state index contributed by atoms with van der Waals surface area (Å²) in [6, 6.07) is 1.73. The second-order valence-electron chi connectivity index (χ2n) is 6.20. The Morgan fingerprint density at radius 1 is 1.45 bits per heavy atom. The molecule has 1 aromatic rings. The van der Waals surface area contributed by atoms with Crippen molar-refractivity contribution in [2.24, 2.45) is 5.92 Å². The molecule has 0 radical (unpaired) electrons. The Morgan fingerprint density at radius 3 is 2.68 bits per heavy atom. The van der Waals surface area contributed by atoms with Gasteiger partial charge in [-0.05, 0) is 57.3 Å². The van der Waals surface area contributed by atoms with E-state index in [1.54, 1.807) is 13.0 Å². The zero-order chi connectivity index (χ0) is 16.3. The van der Waals surface area contributed by atoms with Crippen LogP contribution in [0.5, 0.6) is 0 Å². The molecule has 7 heteroatoms. The van der Waals surface area contributed by atoms with Crippen LogP contribution in [0.1, 0.15) is 32.3 Å². The summed E-state index contributed by atoms with van der Waals surface area (Å²) >= 11 is 5.84. The first-order valence-electron chi connectivity index (χ1n) is 7.65. The third-order valence-electron chi connectivity index (χ3n) is 4.31. The largest absolute Gasteiger partial charge is 0.299 e. The highest BCUT2D eigenvalue weighted by molar-refractivity contribution is 7.89. The van der Waals surface area contributed by atoms with Crippen LogP contribution in [0, 0.1) is 12.8 Å². The van der Waals surface area contributed by atoms with Gasteiger partial charge in [-0.1, -0.05) is 18.5 Å². The van der Waals surface area contributed by atoms with Crippen LogP contribution in [0.4, 0.5) is 0 Å². The number of hydrogen-bond donors (Lipinski definition) is 1. The predicted octanol–water partition coefficient (Wildman–Crippen LogP) is 2.44. The minimum Gasteiger partial charge on any atom is -0.299 e. The van der Waals surface area contributed by atoms with Gasteiger partial charge in [0.1, 0.15) is 10.0 Å². The highest BCUT2D eigenvalue weighted by Gasteiger charge is 2.22. The second-order valence-corrected chi connectivity index (χ2v) is 8.32. The third kappa shape index (κ3) is 4.41. The summed E-state index contributed by atoms with van der Waals surface area (Å²) in [5.41, 5.74) is 0.655. The molecule has 1 unspecified atom stereocenters. The van der Waals surface area contributed by atoms with E-state index in [-0.39, 0.29) is 10.9 Å². The number of likely N-dealkylation sites (tertiary alicyclic amines) is 1. The molecule has 1 aliphatic rings. The highest BCUT2D eigenvalue weighted by atomic mass is 35.5. The zero-order valence-corrected chi connectivity index (χ0v) is 14.9. The molecule has 124 valence electrons. The maximum absolute atomic E-state index is 12.3. The minimum atomic E-state index is -3.54. The van der Waals surface area contributed by atoms with E-state index in [9.17, 15) is 8.42 Å². The number of piperidine rings is 1. The maximum Gasteiger partial charge on any atom is 0.242 e. The minimum absolute atomic E-state index is 0.161. The van der Waals surface area contributed by atoms with E-state index >= 15 is 0 Å². The maximum atomic E-state index is 12.3. The van der Waals surface area contributed by atoms with Crippen molar-refractivity contribution in [1.29, 1.82) is 0 Å². The molecule has 1 aliphatic heterocycles. The Labute approximate surface area is 138 Å². The first-order chi connectivity index (χ1) is 10.3. The number of aryl methyl sites for hydroxylation is 1. The summed E-state index contributed by atoms with van der Waals surface area (Å²) in [7, 11) is -3.54. The quantitative estimate of drug-likeness (QED) is 0.832. The molecular formula is C15H24ClN3O2S. The van der Waals surface area contributed by atoms with Crippen molar-refractivity contribution in [3.05, 3.63) is 23.0 Å². The molecule has 22 heavy (non-hydrogen) atoms. The Balaban J connectivity index is 1.95. The van der Waals surface area contributed by atoms with Crippen LogP contribution in [-0.4, -0.2) is 44.0 Å². The van der Waals surface area contributed by atoms with Crippen molar-refractivity contribution in [3.8, 4) is 0 Å². The van der Waals surface area contributed by atoms with Crippen LogP contribution < -0.4 is 4.72 Å². The average molecular weight is 346 g/mol. The molecule has 0 aliphatic carbocycles. The van der Waals surface area contributed by atoms with Gasteiger partial charge in [-0.15, -0.1) is 0 Å². The van der Waals surface area contributed by atoms with Gasteiger partial charge in [0.25, 0.3) is 0 Å². The highest BCUT2D eigenvalue weighted by Crippen LogP contribution is 2.19. The first kappa shape index (κ1) is 17.7. The lowest BCUT2D eigenvalue weighted by Gasteiger charge is -2.34. The number of aromatic nitrogens is 1. The summed E-state index contributed by atoms with van der Waals surface area (Å²) in [5.74, 6) is 0.767. The van der Waals surface area contributed by atoms with E-state index in [2.05, 4.69) is 28.5 Å². The molecule has 1 fully saturated rings. The van der Waals surface area contributed by atoms with Crippen LogP contribution in [0.15, 0.2) is 17.2 Å².